The van der Waals surface area contributed by atoms with Crippen LogP contribution in [0, 0.1) is 12.3 Å². The van der Waals surface area contributed by atoms with E-state index in [4.69, 9.17) is 28.0 Å². The highest BCUT2D eigenvalue weighted by Crippen LogP contribution is 2.27. The minimum absolute atomic E-state index is 0.00984. The highest BCUT2D eigenvalue weighted by Gasteiger charge is 2.13. The van der Waals surface area contributed by atoms with Crippen LogP contribution >= 0.6 is 11.6 Å². The minimum atomic E-state index is -0.436. The van der Waals surface area contributed by atoms with Gasteiger partial charge in [-0.15, -0.1) is 6.42 Å². The molecule has 124 valence electrons. The van der Waals surface area contributed by atoms with Crippen LogP contribution in [0.4, 0.5) is 11.4 Å². The number of carbonyl (C=O) groups excluding carboxylic acids is 1. The summed E-state index contributed by atoms with van der Waals surface area (Å²) in [6, 6.07) is 6.67. The molecule has 1 aromatic carbocycles. The maximum atomic E-state index is 12.2. The fraction of sp³-hybridized carbons (Fsp3) is 0.176. The lowest BCUT2D eigenvalue weighted by Gasteiger charge is -2.13. The molecule has 7 heteroatoms. The number of aromatic nitrogens is 1. The molecule has 0 atom stereocenters. The van der Waals surface area contributed by atoms with Crippen LogP contribution in [0.3, 0.4) is 0 Å². The van der Waals surface area contributed by atoms with Crippen LogP contribution in [0.1, 0.15) is 22.3 Å². The molecule has 1 aromatic heterocycles. The lowest BCUT2D eigenvalue weighted by atomic mass is 10.2. The lowest BCUT2D eigenvalue weighted by molar-refractivity contribution is 0.0262. The van der Waals surface area contributed by atoms with Crippen molar-refractivity contribution >= 4 is 28.9 Å². The predicted octanol–water partition coefficient (Wildman–Crippen LogP) is 2.50. The molecule has 0 unspecified atom stereocenters. The first-order valence-corrected chi connectivity index (χ1v) is 7.53. The molecule has 0 aliphatic rings. The van der Waals surface area contributed by atoms with Gasteiger partial charge in [0.05, 0.1) is 34.8 Å². The Morgan fingerprint density at radius 1 is 1.38 bits per heavy atom. The molecule has 1 amide bonds. The third-order valence-electron chi connectivity index (χ3n) is 3.04. The maximum absolute atomic E-state index is 12.2. The molecule has 3 N–H and O–H groups in total. The Morgan fingerprint density at radius 3 is 2.92 bits per heavy atom. The summed E-state index contributed by atoms with van der Waals surface area (Å²) in [7, 11) is 0. The van der Waals surface area contributed by atoms with Gasteiger partial charge in [0.25, 0.3) is 5.91 Å². The fourth-order valence-electron chi connectivity index (χ4n) is 1.85. The Balaban J connectivity index is 2.14. The average Bonchev–Trinajstić information content (AvgIpc) is 2.60. The van der Waals surface area contributed by atoms with E-state index in [0.29, 0.717) is 33.9 Å². The van der Waals surface area contributed by atoms with Crippen LogP contribution < -0.4 is 10.8 Å². The van der Waals surface area contributed by atoms with Gasteiger partial charge in [0.2, 0.25) is 0 Å². The number of pyridine rings is 1. The SMILES string of the molecule is C#Cc1ccc(Nc2cnccc2C(=O)NOCCCO)c(Cl)c1. The third-order valence-corrected chi connectivity index (χ3v) is 3.35. The van der Waals surface area contributed by atoms with Gasteiger partial charge in [0.1, 0.15) is 0 Å². The highest BCUT2D eigenvalue weighted by atomic mass is 35.5. The van der Waals surface area contributed by atoms with Crippen LogP contribution in [0.25, 0.3) is 0 Å². The number of nitrogens with one attached hydrogen (secondary N) is 2. The molecular formula is C17H16ClN3O3. The molecule has 0 radical (unpaired) electrons. The first-order chi connectivity index (χ1) is 11.7. The van der Waals surface area contributed by atoms with E-state index in [0.717, 1.165) is 0 Å². The first kappa shape index (κ1) is 17.8. The summed E-state index contributed by atoms with van der Waals surface area (Å²) in [6.45, 7) is 0.208. The number of terminal acetylenes is 1. The number of hydrogen-bond donors (Lipinski definition) is 3. The number of hydrogen-bond acceptors (Lipinski definition) is 5. The van der Waals surface area contributed by atoms with Crippen molar-refractivity contribution in [2.24, 2.45) is 0 Å². The van der Waals surface area contributed by atoms with Crippen molar-refractivity contribution in [1.29, 1.82) is 0 Å². The first-order valence-electron chi connectivity index (χ1n) is 7.16. The van der Waals surface area contributed by atoms with Gasteiger partial charge >= 0.3 is 0 Å². The molecule has 6 nitrogen and oxygen atoms in total. The zero-order valence-corrected chi connectivity index (χ0v) is 13.5. The summed E-state index contributed by atoms with van der Waals surface area (Å²) in [5.41, 5.74) is 4.38. The number of aliphatic hydroxyl groups is 1. The van der Waals surface area contributed by atoms with E-state index in [-0.39, 0.29) is 13.2 Å². The second-order valence-electron chi connectivity index (χ2n) is 4.74. The number of aliphatic hydroxyl groups excluding tert-OH is 1. The second kappa shape index (κ2) is 8.89. The van der Waals surface area contributed by atoms with Crippen molar-refractivity contribution in [3.05, 3.63) is 52.8 Å². The smallest absolute Gasteiger partial charge is 0.277 e. The monoisotopic (exact) mass is 345 g/mol. The second-order valence-corrected chi connectivity index (χ2v) is 5.15. The Kier molecular flexibility index (Phi) is 6.58. The standard InChI is InChI=1S/C17H16ClN3O3/c1-2-12-4-5-15(14(18)10-12)20-16-11-19-7-6-13(16)17(23)21-24-9-3-8-22/h1,4-7,10-11,20,22H,3,8-9H2,(H,21,23). The molecule has 0 fully saturated rings. The predicted molar refractivity (Wildman–Crippen MR) is 92.0 cm³/mol. The Morgan fingerprint density at radius 2 is 2.21 bits per heavy atom. The summed E-state index contributed by atoms with van der Waals surface area (Å²) in [4.78, 5) is 21.2. The van der Waals surface area contributed by atoms with Crippen LogP contribution in [-0.4, -0.2) is 29.2 Å². The zero-order valence-electron chi connectivity index (χ0n) is 12.8. The third kappa shape index (κ3) is 4.70. The van der Waals surface area contributed by atoms with Crippen LogP contribution in [-0.2, 0) is 4.84 Å². The number of amides is 1. The van der Waals surface area contributed by atoms with E-state index in [9.17, 15) is 4.79 Å². The van der Waals surface area contributed by atoms with E-state index in [1.54, 1.807) is 24.3 Å². The quantitative estimate of drug-likeness (QED) is 0.408. The summed E-state index contributed by atoms with van der Waals surface area (Å²) < 4.78 is 0. The summed E-state index contributed by atoms with van der Waals surface area (Å²) in [5.74, 6) is 2.06. The molecule has 0 aliphatic carbocycles. The largest absolute Gasteiger partial charge is 0.396 e. The Hall–Kier alpha value is -2.59. The molecule has 0 aliphatic heterocycles. The fourth-order valence-corrected chi connectivity index (χ4v) is 2.08. The van der Waals surface area contributed by atoms with Gasteiger partial charge in [-0.3, -0.25) is 14.6 Å². The summed E-state index contributed by atoms with van der Waals surface area (Å²) >= 11 is 6.18. The van der Waals surface area contributed by atoms with E-state index in [1.165, 1.54) is 12.4 Å². The molecular weight excluding hydrogens is 330 g/mol. The van der Waals surface area contributed by atoms with E-state index >= 15 is 0 Å². The van der Waals surface area contributed by atoms with E-state index < -0.39 is 5.91 Å². The van der Waals surface area contributed by atoms with Gasteiger partial charge in [-0.05, 0) is 30.7 Å². The van der Waals surface area contributed by atoms with Gasteiger partial charge in [0, 0.05) is 18.4 Å². The molecule has 0 spiro atoms. The molecule has 0 bridgehead atoms. The van der Waals surface area contributed by atoms with E-state index in [1.807, 2.05) is 0 Å². The van der Waals surface area contributed by atoms with Gasteiger partial charge < -0.3 is 10.4 Å². The minimum Gasteiger partial charge on any atom is -0.396 e. The molecule has 2 rings (SSSR count). The average molecular weight is 346 g/mol. The van der Waals surface area contributed by atoms with Gasteiger partial charge in [-0.1, -0.05) is 17.5 Å². The van der Waals surface area contributed by atoms with Crippen LogP contribution in [0.2, 0.25) is 5.02 Å². The number of anilines is 2. The highest BCUT2D eigenvalue weighted by molar-refractivity contribution is 6.33. The van der Waals surface area contributed by atoms with Gasteiger partial charge in [-0.2, -0.15) is 0 Å². The maximum Gasteiger partial charge on any atom is 0.277 e. The van der Waals surface area contributed by atoms with Gasteiger partial charge in [0.15, 0.2) is 0 Å². The van der Waals surface area contributed by atoms with Crippen molar-refractivity contribution in [2.45, 2.75) is 6.42 Å². The lowest BCUT2D eigenvalue weighted by Crippen LogP contribution is -2.25. The topological polar surface area (TPSA) is 83.5 Å². The van der Waals surface area contributed by atoms with Crippen molar-refractivity contribution in [3.63, 3.8) is 0 Å². The van der Waals surface area contributed by atoms with E-state index in [2.05, 4.69) is 21.7 Å². The molecule has 0 saturated carbocycles. The number of hydroxylamine groups is 1. The number of benzene rings is 1. The van der Waals surface area contributed by atoms with Crippen molar-refractivity contribution < 1.29 is 14.7 Å². The van der Waals surface area contributed by atoms with Crippen molar-refractivity contribution in [1.82, 2.24) is 10.5 Å². The molecule has 0 saturated heterocycles. The van der Waals surface area contributed by atoms with Crippen molar-refractivity contribution in [2.75, 3.05) is 18.5 Å². The molecule has 1 heterocycles. The summed E-state index contributed by atoms with van der Waals surface area (Å²) in [6.07, 6.45) is 8.77. The zero-order chi connectivity index (χ0) is 17.4. The Labute approximate surface area is 144 Å². The normalized spacial score (nSPS) is 10.0. The Bertz CT molecular complexity index is 759. The van der Waals surface area contributed by atoms with Crippen LogP contribution in [0.5, 0.6) is 0 Å². The number of carbonyl (C=O) groups is 1. The van der Waals surface area contributed by atoms with Gasteiger partial charge in [-0.25, -0.2) is 5.48 Å². The summed E-state index contributed by atoms with van der Waals surface area (Å²) in [5, 5.41) is 12.2. The number of nitrogens with zero attached hydrogens (tertiary/aromatic N) is 1. The number of rotatable bonds is 7. The van der Waals surface area contributed by atoms with Crippen LogP contribution in [0.15, 0.2) is 36.7 Å². The molecule has 2 aromatic rings. The van der Waals surface area contributed by atoms with Crippen molar-refractivity contribution in [3.8, 4) is 12.3 Å². The molecule has 24 heavy (non-hydrogen) atoms. The number of halogens is 1.